The van der Waals surface area contributed by atoms with Crippen molar-refractivity contribution in [3.05, 3.63) is 48.0 Å². The van der Waals surface area contributed by atoms with Crippen LogP contribution in [0.1, 0.15) is 30.7 Å². The van der Waals surface area contributed by atoms with Gasteiger partial charge >= 0.3 is 6.18 Å². The summed E-state index contributed by atoms with van der Waals surface area (Å²) in [6.07, 6.45) is 2.33. The number of hydrogen-bond donors (Lipinski definition) is 0. The molecule has 1 unspecified atom stereocenters. The fourth-order valence-corrected chi connectivity index (χ4v) is 3.67. The molecule has 2 aromatic rings. The van der Waals surface area contributed by atoms with Gasteiger partial charge in [-0.2, -0.15) is 13.2 Å². The Balaban J connectivity index is 1.43. The van der Waals surface area contributed by atoms with Crippen molar-refractivity contribution in [2.24, 2.45) is 0 Å². The Morgan fingerprint density at radius 3 is 2.59 bits per heavy atom. The number of halogens is 3. The summed E-state index contributed by atoms with van der Waals surface area (Å²) in [7, 11) is 0. The average molecular weight is 377 g/mol. The molecular formula is C19H22F3N5. The van der Waals surface area contributed by atoms with Crippen LogP contribution in [0.2, 0.25) is 0 Å². The van der Waals surface area contributed by atoms with Crippen LogP contribution in [-0.4, -0.2) is 51.6 Å². The van der Waals surface area contributed by atoms with Crippen LogP contribution in [0.25, 0.3) is 0 Å². The molecular weight excluding hydrogens is 355 g/mol. The molecule has 144 valence electrons. The van der Waals surface area contributed by atoms with E-state index in [1.807, 2.05) is 23.1 Å². The first-order valence-corrected chi connectivity index (χ1v) is 9.31. The van der Waals surface area contributed by atoms with E-state index in [2.05, 4.69) is 19.9 Å². The second-order valence-corrected chi connectivity index (χ2v) is 7.19. The zero-order valence-corrected chi connectivity index (χ0v) is 14.9. The summed E-state index contributed by atoms with van der Waals surface area (Å²) in [4.78, 5) is 16.7. The van der Waals surface area contributed by atoms with Crippen LogP contribution < -0.4 is 4.90 Å². The number of aromatic nitrogens is 3. The Bertz CT molecular complexity index is 763. The highest BCUT2D eigenvalue weighted by Crippen LogP contribution is 2.35. The molecule has 4 rings (SSSR count). The lowest BCUT2D eigenvalue weighted by Gasteiger charge is -2.29. The quantitative estimate of drug-likeness (QED) is 0.774. The predicted octanol–water partition coefficient (Wildman–Crippen LogP) is 3.18. The van der Waals surface area contributed by atoms with Crippen LogP contribution >= 0.6 is 0 Å². The van der Waals surface area contributed by atoms with E-state index in [9.17, 15) is 13.2 Å². The summed E-state index contributed by atoms with van der Waals surface area (Å²) in [5.41, 5.74) is 0.185. The van der Waals surface area contributed by atoms with Gasteiger partial charge in [0.05, 0.1) is 0 Å². The van der Waals surface area contributed by atoms with Crippen molar-refractivity contribution < 1.29 is 13.2 Å². The van der Waals surface area contributed by atoms with Gasteiger partial charge in [-0.3, -0.25) is 4.98 Å². The van der Waals surface area contributed by atoms with Crippen LogP contribution in [0.3, 0.4) is 0 Å². The summed E-state index contributed by atoms with van der Waals surface area (Å²) in [6.45, 7) is 2.65. The third kappa shape index (κ3) is 4.37. The van der Waals surface area contributed by atoms with E-state index in [0.29, 0.717) is 0 Å². The lowest BCUT2D eigenvalue weighted by atomic mass is 10.2. The second kappa shape index (κ2) is 7.42. The lowest BCUT2D eigenvalue weighted by Crippen LogP contribution is -2.41. The minimum Gasteiger partial charge on any atom is -0.334 e. The highest BCUT2D eigenvalue weighted by molar-refractivity contribution is 5.37. The molecule has 0 radical (unpaired) electrons. The molecule has 2 aliphatic rings. The number of nitrogens with zero attached hydrogens (tertiary/aromatic N) is 5. The van der Waals surface area contributed by atoms with Gasteiger partial charge in [-0.05, 0) is 37.5 Å². The predicted molar refractivity (Wildman–Crippen MR) is 95.3 cm³/mol. The average Bonchev–Trinajstić information content (AvgIpc) is 3.38. The lowest BCUT2D eigenvalue weighted by molar-refractivity contribution is -0.141. The molecule has 0 bridgehead atoms. The smallest absolute Gasteiger partial charge is 0.334 e. The fourth-order valence-electron chi connectivity index (χ4n) is 3.67. The zero-order chi connectivity index (χ0) is 18.9. The minimum absolute atomic E-state index is 0.157. The van der Waals surface area contributed by atoms with E-state index in [-0.39, 0.29) is 18.0 Å². The Morgan fingerprint density at radius 1 is 1.04 bits per heavy atom. The normalized spacial score (nSPS) is 20.8. The molecule has 1 atom stereocenters. The van der Waals surface area contributed by atoms with Crippen molar-refractivity contribution in [1.29, 1.82) is 0 Å². The molecule has 0 N–H and O–H groups in total. The molecule has 27 heavy (non-hydrogen) atoms. The van der Waals surface area contributed by atoms with E-state index in [0.717, 1.165) is 57.1 Å². The van der Waals surface area contributed by atoms with Crippen LogP contribution in [0.15, 0.2) is 36.7 Å². The van der Waals surface area contributed by atoms with Crippen LogP contribution in [0, 0.1) is 0 Å². The largest absolute Gasteiger partial charge is 0.433 e. The van der Waals surface area contributed by atoms with Crippen molar-refractivity contribution >= 4 is 5.95 Å². The third-order valence-electron chi connectivity index (χ3n) is 5.16. The minimum atomic E-state index is -4.45. The molecule has 1 aliphatic heterocycles. The first-order valence-electron chi connectivity index (χ1n) is 9.31. The van der Waals surface area contributed by atoms with E-state index >= 15 is 0 Å². The van der Waals surface area contributed by atoms with E-state index in [1.165, 1.54) is 6.20 Å². The van der Waals surface area contributed by atoms with Gasteiger partial charge in [0.25, 0.3) is 0 Å². The highest BCUT2D eigenvalue weighted by atomic mass is 19.4. The van der Waals surface area contributed by atoms with Gasteiger partial charge < -0.3 is 9.80 Å². The molecule has 1 saturated heterocycles. The van der Waals surface area contributed by atoms with Crippen molar-refractivity contribution in [3.63, 3.8) is 0 Å². The van der Waals surface area contributed by atoms with Gasteiger partial charge in [0.15, 0.2) is 0 Å². The number of likely N-dealkylation sites (tertiary alicyclic amines) is 1. The maximum Gasteiger partial charge on any atom is 0.433 e. The monoisotopic (exact) mass is 377 g/mol. The van der Waals surface area contributed by atoms with Gasteiger partial charge in [-0.15, -0.1) is 0 Å². The summed E-state index contributed by atoms with van der Waals surface area (Å²) in [5, 5.41) is 0. The summed E-state index contributed by atoms with van der Waals surface area (Å²) in [6, 6.07) is 7.24. The van der Waals surface area contributed by atoms with Gasteiger partial charge in [-0.1, -0.05) is 6.07 Å². The van der Waals surface area contributed by atoms with Crippen molar-refractivity contribution in [2.75, 3.05) is 24.5 Å². The van der Waals surface area contributed by atoms with Crippen LogP contribution in [0.5, 0.6) is 0 Å². The molecule has 2 fully saturated rings. The Hall–Kier alpha value is -2.22. The fraction of sp³-hybridized carbons (Fsp3) is 0.526. The summed E-state index contributed by atoms with van der Waals surface area (Å²) >= 11 is 0. The van der Waals surface area contributed by atoms with E-state index in [1.54, 1.807) is 6.20 Å². The van der Waals surface area contributed by atoms with Gasteiger partial charge in [0.1, 0.15) is 5.69 Å². The summed E-state index contributed by atoms with van der Waals surface area (Å²) < 4.78 is 39.1. The maximum atomic E-state index is 13.0. The molecule has 5 nitrogen and oxygen atoms in total. The van der Waals surface area contributed by atoms with Gasteiger partial charge in [-0.25, -0.2) is 9.97 Å². The molecule has 1 saturated carbocycles. The molecule has 8 heteroatoms. The topological polar surface area (TPSA) is 45.2 Å². The number of alkyl halides is 3. The molecule has 2 aromatic heterocycles. The third-order valence-corrected chi connectivity index (χ3v) is 5.16. The van der Waals surface area contributed by atoms with E-state index in [4.69, 9.17) is 0 Å². The Kier molecular flexibility index (Phi) is 4.99. The van der Waals surface area contributed by atoms with Crippen molar-refractivity contribution in [2.45, 2.75) is 43.9 Å². The number of rotatable bonds is 6. The molecule has 3 heterocycles. The Morgan fingerprint density at radius 2 is 1.89 bits per heavy atom. The first-order chi connectivity index (χ1) is 13.0. The van der Waals surface area contributed by atoms with Crippen molar-refractivity contribution in [1.82, 2.24) is 19.9 Å². The van der Waals surface area contributed by atoms with Crippen LogP contribution in [-0.2, 0) is 12.6 Å². The first kappa shape index (κ1) is 18.2. The van der Waals surface area contributed by atoms with Gasteiger partial charge in [0.2, 0.25) is 5.95 Å². The van der Waals surface area contributed by atoms with Gasteiger partial charge in [0, 0.05) is 56.2 Å². The number of pyridine rings is 1. The molecule has 0 amide bonds. The van der Waals surface area contributed by atoms with Crippen molar-refractivity contribution in [3.8, 4) is 0 Å². The SMILES string of the molecule is FC(F)(F)c1ccnc(N(C2CC2)C2CCN(CCc3ccccn3)C2)n1. The standard InChI is InChI=1S/C19H22F3N5/c20-19(21,22)17-6-10-24-18(25-17)27(15-4-5-15)16-8-12-26(13-16)11-7-14-3-1-2-9-23-14/h1-3,6,9-10,15-16H,4-5,7-8,11-13H2. The van der Waals surface area contributed by atoms with E-state index < -0.39 is 11.9 Å². The molecule has 0 spiro atoms. The number of hydrogen-bond acceptors (Lipinski definition) is 5. The maximum absolute atomic E-state index is 13.0. The highest BCUT2D eigenvalue weighted by Gasteiger charge is 2.40. The molecule has 0 aromatic carbocycles. The van der Waals surface area contributed by atoms with Crippen LogP contribution in [0.4, 0.5) is 19.1 Å². The number of anilines is 1. The Labute approximate surface area is 156 Å². The summed E-state index contributed by atoms with van der Waals surface area (Å²) in [5.74, 6) is 0.212. The molecule has 1 aliphatic carbocycles. The zero-order valence-electron chi connectivity index (χ0n) is 14.9. The second-order valence-electron chi connectivity index (χ2n) is 7.19.